The molecule has 2 aromatic rings. The molecule has 0 spiro atoms. The van der Waals surface area contributed by atoms with Crippen LogP contribution in [-0.4, -0.2) is 4.98 Å². The molecule has 0 aliphatic rings. The minimum absolute atomic E-state index is 0.424. The average Bonchev–Trinajstić information content (AvgIpc) is 2.39. The van der Waals surface area contributed by atoms with Gasteiger partial charge in [-0.25, -0.2) is 0 Å². The molecule has 0 radical (unpaired) electrons. The zero-order valence-corrected chi connectivity index (χ0v) is 11.9. The minimum atomic E-state index is -4.37. The summed E-state index contributed by atoms with van der Waals surface area (Å²) in [6.07, 6.45) is -0.659. The standard InChI is InChI=1S/C14H12BrF3N2/c15-12-4-3-10(14(16,17)18)7-11(12)13(19)6-9-2-1-5-20-8-9/h1-5,7-8,13H,6,19H2. The monoisotopic (exact) mass is 344 g/mol. The van der Waals surface area contributed by atoms with Gasteiger partial charge in [0, 0.05) is 22.9 Å². The Bertz CT molecular complexity index is 585. The maximum atomic E-state index is 12.7. The zero-order chi connectivity index (χ0) is 14.8. The molecule has 0 aliphatic heterocycles. The molecule has 0 bridgehead atoms. The Morgan fingerprint density at radius 1 is 1.25 bits per heavy atom. The maximum absolute atomic E-state index is 12.7. The van der Waals surface area contributed by atoms with Crippen LogP contribution in [0.3, 0.4) is 0 Å². The lowest BCUT2D eigenvalue weighted by molar-refractivity contribution is -0.137. The third kappa shape index (κ3) is 3.58. The van der Waals surface area contributed by atoms with Crippen LogP contribution in [0.4, 0.5) is 13.2 Å². The van der Waals surface area contributed by atoms with Crippen LogP contribution < -0.4 is 5.73 Å². The van der Waals surface area contributed by atoms with E-state index in [0.717, 1.165) is 17.7 Å². The maximum Gasteiger partial charge on any atom is 0.416 e. The highest BCUT2D eigenvalue weighted by molar-refractivity contribution is 9.10. The first-order valence-corrected chi connectivity index (χ1v) is 6.68. The first-order chi connectivity index (χ1) is 9.38. The molecule has 1 aromatic heterocycles. The van der Waals surface area contributed by atoms with Gasteiger partial charge in [-0.2, -0.15) is 13.2 Å². The Labute approximate surface area is 123 Å². The second-order valence-electron chi connectivity index (χ2n) is 4.41. The van der Waals surface area contributed by atoms with Gasteiger partial charge in [-0.1, -0.05) is 22.0 Å². The van der Waals surface area contributed by atoms with Crippen molar-refractivity contribution in [3.63, 3.8) is 0 Å². The molecule has 0 fully saturated rings. The Morgan fingerprint density at radius 3 is 2.60 bits per heavy atom. The predicted molar refractivity (Wildman–Crippen MR) is 74.0 cm³/mol. The quantitative estimate of drug-likeness (QED) is 0.910. The average molecular weight is 345 g/mol. The molecule has 0 saturated carbocycles. The summed E-state index contributed by atoms with van der Waals surface area (Å²) in [5.41, 5.74) is 6.63. The first-order valence-electron chi connectivity index (χ1n) is 5.89. The largest absolute Gasteiger partial charge is 0.416 e. The number of alkyl halides is 3. The number of pyridine rings is 1. The molecule has 0 saturated heterocycles. The van der Waals surface area contributed by atoms with E-state index in [2.05, 4.69) is 20.9 Å². The van der Waals surface area contributed by atoms with E-state index in [0.29, 0.717) is 16.5 Å². The van der Waals surface area contributed by atoms with Crippen LogP contribution in [-0.2, 0) is 12.6 Å². The number of aromatic nitrogens is 1. The van der Waals surface area contributed by atoms with Gasteiger partial charge in [0.05, 0.1) is 5.56 Å². The summed E-state index contributed by atoms with van der Waals surface area (Å²) < 4.78 is 38.7. The molecule has 2 N–H and O–H groups in total. The highest BCUT2D eigenvalue weighted by atomic mass is 79.9. The van der Waals surface area contributed by atoms with E-state index in [1.54, 1.807) is 18.5 Å². The summed E-state index contributed by atoms with van der Waals surface area (Å²) in [6.45, 7) is 0. The topological polar surface area (TPSA) is 38.9 Å². The van der Waals surface area contributed by atoms with Crippen molar-refractivity contribution in [2.45, 2.75) is 18.6 Å². The van der Waals surface area contributed by atoms with Crippen LogP contribution in [0.25, 0.3) is 0 Å². The molecule has 0 aliphatic carbocycles. The van der Waals surface area contributed by atoms with Crippen molar-refractivity contribution in [2.75, 3.05) is 0 Å². The van der Waals surface area contributed by atoms with Crippen LogP contribution in [0.2, 0.25) is 0 Å². The second kappa shape index (κ2) is 5.93. The molecule has 1 aromatic carbocycles. The van der Waals surface area contributed by atoms with Crippen LogP contribution in [0.1, 0.15) is 22.7 Å². The molecule has 1 atom stereocenters. The van der Waals surface area contributed by atoms with E-state index in [1.165, 1.54) is 6.07 Å². The number of hydrogen-bond donors (Lipinski definition) is 1. The van der Waals surface area contributed by atoms with Crippen LogP contribution in [0.15, 0.2) is 47.2 Å². The number of hydrogen-bond acceptors (Lipinski definition) is 2. The Kier molecular flexibility index (Phi) is 4.45. The van der Waals surface area contributed by atoms with E-state index >= 15 is 0 Å². The summed E-state index contributed by atoms with van der Waals surface area (Å²) in [5.74, 6) is 0. The smallest absolute Gasteiger partial charge is 0.324 e. The summed E-state index contributed by atoms with van der Waals surface area (Å²) >= 11 is 3.25. The van der Waals surface area contributed by atoms with E-state index in [1.807, 2.05) is 6.07 Å². The van der Waals surface area contributed by atoms with Gasteiger partial charge in [0.2, 0.25) is 0 Å². The molecule has 20 heavy (non-hydrogen) atoms. The van der Waals surface area contributed by atoms with E-state index in [-0.39, 0.29) is 0 Å². The molecule has 0 amide bonds. The van der Waals surface area contributed by atoms with Gasteiger partial charge < -0.3 is 5.73 Å². The molecule has 2 rings (SSSR count). The van der Waals surface area contributed by atoms with Crippen LogP contribution >= 0.6 is 15.9 Å². The SMILES string of the molecule is NC(Cc1cccnc1)c1cc(C(F)(F)F)ccc1Br. The lowest BCUT2D eigenvalue weighted by atomic mass is 9.99. The van der Waals surface area contributed by atoms with Crippen LogP contribution in [0.5, 0.6) is 0 Å². The Morgan fingerprint density at radius 2 is 2.00 bits per heavy atom. The van der Waals surface area contributed by atoms with Gasteiger partial charge in [-0.3, -0.25) is 4.98 Å². The van der Waals surface area contributed by atoms with Crippen molar-refractivity contribution in [1.29, 1.82) is 0 Å². The van der Waals surface area contributed by atoms with Crippen molar-refractivity contribution in [3.8, 4) is 0 Å². The number of benzene rings is 1. The van der Waals surface area contributed by atoms with Crippen molar-refractivity contribution in [2.24, 2.45) is 5.73 Å². The molecule has 1 heterocycles. The van der Waals surface area contributed by atoms with Gasteiger partial charge in [-0.05, 0) is 41.8 Å². The van der Waals surface area contributed by atoms with E-state index in [9.17, 15) is 13.2 Å². The first kappa shape index (κ1) is 15.0. The lowest BCUT2D eigenvalue weighted by Gasteiger charge is -2.16. The van der Waals surface area contributed by atoms with Gasteiger partial charge in [0.1, 0.15) is 0 Å². The van der Waals surface area contributed by atoms with E-state index in [4.69, 9.17) is 5.73 Å². The number of rotatable bonds is 3. The second-order valence-corrected chi connectivity index (χ2v) is 5.26. The zero-order valence-electron chi connectivity index (χ0n) is 10.4. The summed E-state index contributed by atoms with van der Waals surface area (Å²) in [4.78, 5) is 3.96. The fourth-order valence-corrected chi connectivity index (χ4v) is 2.43. The number of nitrogens with zero attached hydrogens (tertiary/aromatic N) is 1. The highest BCUT2D eigenvalue weighted by Gasteiger charge is 2.31. The Hall–Kier alpha value is -1.40. The van der Waals surface area contributed by atoms with Crippen molar-refractivity contribution < 1.29 is 13.2 Å². The third-order valence-corrected chi connectivity index (χ3v) is 3.62. The summed E-state index contributed by atoms with van der Waals surface area (Å²) in [7, 11) is 0. The highest BCUT2D eigenvalue weighted by Crippen LogP contribution is 2.34. The van der Waals surface area contributed by atoms with Gasteiger partial charge in [0.25, 0.3) is 0 Å². The lowest BCUT2D eigenvalue weighted by Crippen LogP contribution is -2.16. The van der Waals surface area contributed by atoms with E-state index < -0.39 is 17.8 Å². The molecule has 1 unspecified atom stereocenters. The van der Waals surface area contributed by atoms with Crippen LogP contribution in [0, 0.1) is 0 Å². The fraction of sp³-hybridized carbons (Fsp3) is 0.214. The molecule has 106 valence electrons. The molecule has 6 heteroatoms. The molecular formula is C14H12BrF3N2. The Balaban J connectivity index is 2.27. The summed E-state index contributed by atoms with van der Waals surface area (Å²) in [6, 6.07) is 6.57. The number of halogens is 4. The van der Waals surface area contributed by atoms with Crippen molar-refractivity contribution in [1.82, 2.24) is 4.98 Å². The van der Waals surface area contributed by atoms with Crippen molar-refractivity contribution >= 4 is 15.9 Å². The van der Waals surface area contributed by atoms with Gasteiger partial charge in [-0.15, -0.1) is 0 Å². The minimum Gasteiger partial charge on any atom is -0.324 e. The summed E-state index contributed by atoms with van der Waals surface area (Å²) in [5, 5.41) is 0. The normalized spacial score (nSPS) is 13.2. The fourth-order valence-electron chi connectivity index (χ4n) is 1.89. The number of nitrogens with two attached hydrogens (primary N) is 1. The third-order valence-electron chi connectivity index (χ3n) is 2.90. The predicted octanol–water partition coefficient (Wildman–Crippen LogP) is 4.11. The van der Waals surface area contributed by atoms with Crippen molar-refractivity contribution in [3.05, 3.63) is 63.9 Å². The van der Waals surface area contributed by atoms with Gasteiger partial charge >= 0.3 is 6.18 Å². The molecule has 2 nitrogen and oxygen atoms in total. The van der Waals surface area contributed by atoms with Gasteiger partial charge in [0.15, 0.2) is 0 Å². The molecular weight excluding hydrogens is 333 g/mol.